The van der Waals surface area contributed by atoms with Crippen LogP contribution in [0.5, 0.6) is 0 Å². The summed E-state index contributed by atoms with van der Waals surface area (Å²) < 4.78 is 0. The summed E-state index contributed by atoms with van der Waals surface area (Å²) >= 11 is 0. The zero-order valence-corrected chi connectivity index (χ0v) is 16.1. The van der Waals surface area contributed by atoms with E-state index in [4.69, 9.17) is 0 Å². The largest absolute Gasteiger partial charge is 1.00 e. The predicted octanol–water partition coefficient (Wildman–Crippen LogP) is -16.7. The molecule has 0 amide bonds. The van der Waals surface area contributed by atoms with Crippen molar-refractivity contribution in [2.45, 2.75) is 0 Å². The summed E-state index contributed by atoms with van der Waals surface area (Å²) in [5.41, 5.74) is 0. The van der Waals surface area contributed by atoms with E-state index in [0.29, 0.717) is 0 Å². The molecule has 0 aromatic heterocycles. The fraction of sp³-hybridized carbons (Fsp3) is 0. The SMILES string of the molecule is Cl.Cl.Cl.[Cl-].[Cl-].[Cl-].[Na+].[Na+].[Na+]. The van der Waals surface area contributed by atoms with Gasteiger partial charge in [-0.1, -0.05) is 0 Å². The maximum absolute atomic E-state index is 0. The molecule has 0 aromatic carbocycles. The van der Waals surface area contributed by atoms with Crippen molar-refractivity contribution in [2.24, 2.45) is 0 Å². The average Bonchev–Trinajstić information content (AvgIpc) is 0. The van der Waals surface area contributed by atoms with Crippen LogP contribution in [0.4, 0.5) is 0 Å². The molecule has 9 heavy (non-hydrogen) atoms. The summed E-state index contributed by atoms with van der Waals surface area (Å²) in [7, 11) is 0. The topological polar surface area (TPSA) is 0 Å². The number of halogens is 6. The molecule has 0 unspecified atom stereocenters. The van der Waals surface area contributed by atoms with Crippen molar-refractivity contribution in [3.05, 3.63) is 0 Å². The minimum atomic E-state index is 0. The standard InChI is InChI=1S/6ClH.3Na/h6*1H;;;/q;;;;;;3*+1/p-3. The molecule has 0 bridgehead atoms. The molecule has 0 spiro atoms. The van der Waals surface area contributed by atoms with Crippen LogP contribution in [0.3, 0.4) is 0 Å². The maximum atomic E-state index is 0. The molecule has 9 heteroatoms. The number of hydrogen-bond acceptors (Lipinski definition) is 0. The zero-order valence-electron chi connectivity index (χ0n) is 5.36. The van der Waals surface area contributed by atoms with E-state index in [-0.39, 0.29) is 163 Å². The molecule has 0 saturated carbocycles. The summed E-state index contributed by atoms with van der Waals surface area (Å²) in [4.78, 5) is 0. The second kappa shape index (κ2) is 78.2. The Bertz CT molecular complexity index is 8.26. The van der Waals surface area contributed by atoms with Gasteiger partial charge in [0, 0.05) is 0 Å². The molecule has 0 aliphatic heterocycles. The predicted molar refractivity (Wildman–Crippen MR) is 21.7 cm³/mol. The van der Waals surface area contributed by atoms with Gasteiger partial charge < -0.3 is 37.2 Å². The molecule has 0 fully saturated rings. The van der Waals surface area contributed by atoms with Crippen molar-refractivity contribution >= 4 is 37.2 Å². The Morgan fingerprint density at radius 1 is 0.333 bits per heavy atom. The second-order valence-electron chi connectivity index (χ2n) is 0. The average molecular weight is 285 g/mol. The molecular weight excluding hydrogens is 282 g/mol. The van der Waals surface area contributed by atoms with Gasteiger partial charge in [0.1, 0.15) is 0 Å². The van der Waals surface area contributed by atoms with E-state index in [1.165, 1.54) is 0 Å². The van der Waals surface area contributed by atoms with E-state index in [0.717, 1.165) is 0 Å². The van der Waals surface area contributed by atoms with Crippen LogP contribution in [0, 0.1) is 0 Å². The smallest absolute Gasteiger partial charge is 1.00 e. The molecule has 0 aromatic rings. The molecule has 0 heterocycles. The molecule has 0 nitrogen and oxygen atoms in total. The molecule has 0 aliphatic rings. The molecule has 0 atom stereocenters. The quantitative estimate of drug-likeness (QED) is 0.388. The third kappa shape index (κ3) is 65.4. The van der Waals surface area contributed by atoms with E-state index in [2.05, 4.69) is 0 Å². The van der Waals surface area contributed by atoms with Crippen LogP contribution in [0.2, 0.25) is 0 Å². The minimum Gasteiger partial charge on any atom is -1.00 e. The first-order valence-electron chi connectivity index (χ1n) is 0. The second-order valence-corrected chi connectivity index (χ2v) is 0. The number of hydrogen-bond donors (Lipinski definition) is 0. The van der Waals surface area contributed by atoms with Gasteiger partial charge in [-0.3, -0.25) is 0 Å². The Labute approximate surface area is 160 Å². The van der Waals surface area contributed by atoms with E-state index in [1.54, 1.807) is 0 Å². The van der Waals surface area contributed by atoms with Gasteiger partial charge in [0.15, 0.2) is 0 Å². The Balaban J connectivity index is 0. The van der Waals surface area contributed by atoms with Gasteiger partial charge in [-0.05, 0) is 0 Å². The molecule has 0 radical (unpaired) electrons. The normalized spacial score (nSPS) is 0. The van der Waals surface area contributed by atoms with Gasteiger partial charge in [0.25, 0.3) is 0 Å². The molecular formula is H3Cl6Na3. The van der Waals surface area contributed by atoms with Gasteiger partial charge in [0.05, 0.1) is 0 Å². The summed E-state index contributed by atoms with van der Waals surface area (Å²) in [6.45, 7) is 0. The first kappa shape index (κ1) is 99.3. The Hall–Kier alpha value is 4.74. The molecule has 0 rings (SSSR count). The maximum Gasteiger partial charge on any atom is 1.00 e. The molecule has 0 aliphatic carbocycles. The summed E-state index contributed by atoms with van der Waals surface area (Å²) in [5.74, 6) is 0. The Morgan fingerprint density at radius 3 is 0.333 bits per heavy atom. The fourth-order valence-electron chi connectivity index (χ4n) is 0. The van der Waals surface area contributed by atoms with Crippen LogP contribution in [0.15, 0.2) is 0 Å². The molecule has 0 N–H and O–H groups in total. The summed E-state index contributed by atoms with van der Waals surface area (Å²) in [6, 6.07) is 0. The van der Waals surface area contributed by atoms with Gasteiger partial charge in [-0.15, -0.1) is 37.2 Å². The molecule has 0 saturated heterocycles. The van der Waals surface area contributed by atoms with E-state index in [9.17, 15) is 0 Å². The van der Waals surface area contributed by atoms with Crippen molar-refractivity contribution in [3.63, 3.8) is 0 Å². The monoisotopic (exact) mass is 282 g/mol. The summed E-state index contributed by atoms with van der Waals surface area (Å²) in [6.07, 6.45) is 0. The van der Waals surface area contributed by atoms with Gasteiger partial charge in [-0.2, -0.15) is 0 Å². The van der Waals surface area contributed by atoms with Crippen molar-refractivity contribution in [1.29, 1.82) is 0 Å². The van der Waals surface area contributed by atoms with Crippen LogP contribution >= 0.6 is 37.2 Å². The minimum absolute atomic E-state index is 0. The Morgan fingerprint density at radius 2 is 0.333 bits per heavy atom. The van der Waals surface area contributed by atoms with Crippen molar-refractivity contribution < 1.29 is 126 Å². The van der Waals surface area contributed by atoms with Crippen LogP contribution in [-0.4, -0.2) is 0 Å². The van der Waals surface area contributed by atoms with E-state index >= 15 is 0 Å². The summed E-state index contributed by atoms with van der Waals surface area (Å²) in [5, 5.41) is 0. The van der Waals surface area contributed by atoms with Crippen LogP contribution in [0.1, 0.15) is 0 Å². The van der Waals surface area contributed by atoms with Gasteiger partial charge in [-0.25, -0.2) is 0 Å². The van der Waals surface area contributed by atoms with Crippen LogP contribution in [0.25, 0.3) is 0 Å². The van der Waals surface area contributed by atoms with Crippen LogP contribution in [-0.2, 0) is 0 Å². The first-order valence-corrected chi connectivity index (χ1v) is 0. The van der Waals surface area contributed by atoms with Crippen molar-refractivity contribution in [3.8, 4) is 0 Å². The Kier molecular flexibility index (Phi) is 862. The van der Waals surface area contributed by atoms with E-state index < -0.39 is 0 Å². The van der Waals surface area contributed by atoms with Crippen molar-refractivity contribution in [2.75, 3.05) is 0 Å². The third-order valence-electron chi connectivity index (χ3n) is 0. The first-order chi connectivity index (χ1) is 0. The number of rotatable bonds is 0. The van der Waals surface area contributed by atoms with E-state index in [1.807, 2.05) is 0 Å². The van der Waals surface area contributed by atoms with Gasteiger partial charge in [0.2, 0.25) is 0 Å². The zero-order chi connectivity index (χ0) is 0. The fourth-order valence-corrected chi connectivity index (χ4v) is 0. The van der Waals surface area contributed by atoms with Crippen molar-refractivity contribution in [1.82, 2.24) is 0 Å². The van der Waals surface area contributed by atoms with Crippen LogP contribution < -0.4 is 126 Å². The van der Waals surface area contributed by atoms with Gasteiger partial charge >= 0.3 is 88.7 Å². The third-order valence-corrected chi connectivity index (χ3v) is 0. The molecule has 48 valence electrons.